The number of rotatable bonds is 7. The Kier molecular flexibility index (Phi) is 22.0. The molecular formula is C34H61NO3. The van der Waals surface area contributed by atoms with Crippen LogP contribution < -0.4 is 0 Å². The quantitative estimate of drug-likeness (QED) is 0.216. The number of hydrogen-bond donors (Lipinski definition) is 1. The predicted molar refractivity (Wildman–Crippen MR) is 167 cm³/mol. The number of carbonyl (C=O) groups excluding carboxylic acids is 1. The highest BCUT2D eigenvalue weighted by molar-refractivity contribution is 5.73. The zero-order chi connectivity index (χ0) is 30.7. The molecule has 0 bridgehead atoms. The topological polar surface area (TPSA) is 49.8 Å². The molecule has 0 aromatic heterocycles. The fourth-order valence-corrected chi connectivity index (χ4v) is 4.09. The van der Waals surface area contributed by atoms with Gasteiger partial charge in [0, 0.05) is 5.54 Å². The molecule has 0 aliphatic heterocycles. The van der Waals surface area contributed by atoms with Crippen molar-refractivity contribution in [3.05, 3.63) is 72.4 Å². The molecule has 0 aliphatic rings. The summed E-state index contributed by atoms with van der Waals surface area (Å²) in [5.41, 5.74) is 2.11. The van der Waals surface area contributed by atoms with Gasteiger partial charge in [-0.2, -0.15) is 5.06 Å². The number of benzene rings is 1. The molecule has 0 amide bonds. The Morgan fingerprint density at radius 2 is 1.45 bits per heavy atom. The first kappa shape index (κ1) is 40.3. The molecule has 1 aromatic carbocycles. The van der Waals surface area contributed by atoms with E-state index in [-0.39, 0.29) is 28.9 Å². The maximum Gasteiger partial charge on any atom is 0.309 e. The first-order valence-electron chi connectivity index (χ1n) is 14.0. The number of ether oxygens (including phenoxy) is 1. The second-order valence-corrected chi connectivity index (χ2v) is 11.9. The van der Waals surface area contributed by atoms with Gasteiger partial charge in [0.05, 0.1) is 19.1 Å². The zero-order valence-electron chi connectivity index (χ0n) is 27.4. The summed E-state index contributed by atoms with van der Waals surface area (Å²) in [5, 5.41) is 11.8. The highest BCUT2D eigenvalue weighted by Gasteiger charge is 2.34. The van der Waals surface area contributed by atoms with E-state index in [9.17, 15) is 10.0 Å². The van der Waals surface area contributed by atoms with E-state index in [0.29, 0.717) is 11.8 Å². The second-order valence-electron chi connectivity index (χ2n) is 11.9. The average molecular weight is 532 g/mol. The van der Waals surface area contributed by atoms with Gasteiger partial charge in [-0.25, -0.2) is 0 Å². The monoisotopic (exact) mass is 531 g/mol. The molecule has 1 rings (SSSR count). The third kappa shape index (κ3) is 17.4. The maximum absolute atomic E-state index is 11.4. The molecule has 1 N–H and O–H groups in total. The highest BCUT2D eigenvalue weighted by Crippen LogP contribution is 2.32. The molecule has 0 heterocycles. The Hall–Kier alpha value is -2.17. The minimum absolute atomic E-state index is 0.0116. The number of hydrogen-bond acceptors (Lipinski definition) is 4. The van der Waals surface area contributed by atoms with E-state index in [0.717, 1.165) is 5.57 Å². The van der Waals surface area contributed by atoms with E-state index in [1.165, 1.54) is 17.7 Å². The minimum Gasteiger partial charge on any atom is -0.469 e. The van der Waals surface area contributed by atoms with Crippen LogP contribution in [0.3, 0.4) is 0 Å². The number of carbonyl (C=O) groups is 1. The van der Waals surface area contributed by atoms with Crippen LogP contribution >= 0.6 is 0 Å². The number of allylic oxidation sites excluding steroid dienone is 3. The van der Waals surface area contributed by atoms with Crippen molar-refractivity contribution in [1.29, 1.82) is 0 Å². The van der Waals surface area contributed by atoms with Gasteiger partial charge in [-0.1, -0.05) is 129 Å². The molecule has 220 valence electrons. The standard InChI is InChI=1S/C15H27NO.C10H20O2.C7H8.C2H6/c1-8-10-13(11-9-2)14(12(3)4)16(17)15(5,6)7;1-7(2)8(9(11)12-6)10(3,4)5;1-7-5-3-2-4-6-7;1-2/h8-12,14,17H,1H2,2-7H3;7-8H,1-6H3;2-6H,1H3;1-2H3/b11-9-,13-10+;;;. The Labute approximate surface area is 236 Å². The summed E-state index contributed by atoms with van der Waals surface area (Å²) in [5.74, 6) is 0.541. The number of aryl methyl sites for hydroxylation is 1. The van der Waals surface area contributed by atoms with Gasteiger partial charge in [0.15, 0.2) is 0 Å². The van der Waals surface area contributed by atoms with Crippen molar-refractivity contribution < 1.29 is 14.7 Å². The summed E-state index contributed by atoms with van der Waals surface area (Å²) in [6.45, 7) is 32.3. The van der Waals surface area contributed by atoms with E-state index < -0.39 is 0 Å². The molecule has 0 radical (unpaired) electrons. The van der Waals surface area contributed by atoms with Crippen molar-refractivity contribution in [2.24, 2.45) is 23.2 Å². The van der Waals surface area contributed by atoms with Crippen LogP contribution in [0.15, 0.2) is 66.8 Å². The van der Waals surface area contributed by atoms with Crippen molar-refractivity contribution in [3.63, 3.8) is 0 Å². The molecule has 0 spiro atoms. The van der Waals surface area contributed by atoms with Crippen LogP contribution in [0.25, 0.3) is 0 Å². The van der Waals surface area contributed by atoms with E-state index >= 15 is 0 Å². The van der Waals surface area contributed by atoms with Crippen molar-refractivity contribution in [2.75, 3.05) is 7.11 Å². The molecular weight excluding hydrogens is 470 g/mol. The first-order valence-corrected chi connectivity index (χ1v) is 14.0. The third-order valence-corrected chi connectivity index (χ3v) is 5.59. The van der Waals surface area contributed by atoms with Crippen LogP contribution in [0.1, 0.15) is 95.6 Å². The van der Waals surface area contributed by atoms with Crippen molar-refractivity contribution >= 4 is 5.97 Å². The van der Waals surface area contributed by atoms with Crippen LogP contribution in [0.2, 0.25) is 0 Å². The van der Waals surface area contributed by atoms with E-state index in [2.05, 4.69) is 60.3 Å². The van der Waals surface area contributed by atoms with Gasteiger partial charge >= 0.3 is 5.97 Å². The largest absolute Gasteiger partial charge is 0.469 e. The summed E-state index contributed by atoms with van der Waals surface area (Å²) in [6, 6.07) is 10.2. The minimum atomic E-state index is -0.281. The van der Waals surface area contributed by atoms with Gasteiger partial charge in [-0.3, -0.25) is 4.79 Å². The fraction of sp³-hybridized carbons (Fsp3) is 0.618. The summed E-state index contributed by atoms with van der Waals surface area (Å²) in [7, 11) is 1.45. The predicted octanol–water partition coefficient (Wildman–Crippen LogP) is 9.69. The lowest BCUT2D eigenvalue weighted by molar-refractivity contribution is -0.186. The van der Waals surface area contributed by atoms with Crippen LogP contribution in [-0.4, -0.2) is 34.9 Å². The Morgan fingerprint density at radius 1 is 0.974 bits per heavy atom. The zero-order valence-corrected chi connectivity index (χ0v) is 27.4. The number of methoxy groups -OCH3 is 1. The van der Waals surface area contributed by atoms with E-state index in [4.69, 9.17) is 4.74 Å². The second kappa shape index (κ2) is 20.7. The molecule has 0 saturated carbocycles. The van der Waals surface area contributed by atoms with Gasteiger partial charge in [0.2, 0.25) is 0 Å². The number of nitrogens with zero attached hydrogens (tertiary/aromatic N) is 1. The molecule has 0 fully saturated rings. The average Bonchev–Trinajstić information content (AvgIpc) is 2.80. The van der Waals surface area contributed by atoms with E-state index in [1.54, 1.807) is 6.08 Å². The number of esters is 1. The Bertz CT molecular complexity index is 793. The Balaban J connectivity index is -0.000000503. The molecule has 1 aromatic rings. The lowest BCUT2D eigenvalue weighted by atomic mass is 9.74. The van der Waals surface area contributed by atoms with Crippen LogP contribution in [0.5, 0.6) is 0 Å². The van der Waals surface area contributed by atoms with Gasteiger partial charge in [0.25, 0.3) is 0 Å². The van der Waals surface area contributed by atoms with Crippen LogP contribution in [-0.2, 0) is 9.53 Å². The van der Waals surface area contributed by atoms with Crippen molar-refractivity contribution in [3.8, 4) is 0 Å². The molecule has 4 heteroatoms. The summed E-state index contributed by atoms with van der Waals surface area (Å²) < 4.78 is 4.76. The lowest BCUT2D eigenvalue weighted by Gasteiger charge is -2.39. The van der Waals surface area contributed by atoms with Crippen molar-refractivity contribution in [2.45, 2.75) is 109 Å². The van der Waals surface area contributed by atoms with Gasteiger partial charge in [-0.15, -0.1) is 0 Å². The Morgan fingerprint density at radius 3 is 1.66 bits per heavy atom. The molecule has 0 saturated heterocycles. The molecule has 0 aliphatic carbocycles. The normalized spacial score (nSPS) is 13.5. The summed E-state index contributed by atoms with van der Waals surface area (Å²) in [6.07, 6.45) is 7.74. The lowest BCUT2D eigenvalue weighted by Crippen LogP contribution is -2.48. The third-order valence-electron chi connectivity index (χ3n) is 5.59. The highest BCUT2D eigenvalue weighted by atomic mass is 16.5. The van der Waals surface area contributed by atoms with Crippen LogP contribution in [0.4, 0.5) is 0 Å². The van der Waals surface area contributed by atoms with E-state index in [1.807, 2.05) is 91.8 Å². The molecule has 38 heavy (non-hydrogen) atoms. The molecule has 2 atom stereocenters. The van der Waals surface area contributed by atoms with Gasteiger partial charge in [-0.05, 0) is 57.4 Å². The maximum atomic E-state index is 11.4. The summed E-state index contributed by atoms with van der Waals surface area (Å²) >= 11 is 0. The van der Waals surface area contributed by atoms with Crippen molar-refractivity contribution in [1.82, 2.24) is 5.06 Å². The SMILES string of the molecule is C=C/C=C(\C=C/C)C(C(C)C)N(O)C(C)(C)C.CC.COC(=O)C(C(C)C)C(C)(C)C.Cc1ccccc1. The fourth-order valence-electron chi connectivity index (χ4n) is 4.09. The number of hydroxylamine groups is 2. The van der Waals surface area contributed by atoms with Gasteiger partial charge in [0.1, 0.15) is 0 Å². The van der Waals surface area contributed by atoms with Gasteiger partial charge < -0.3 is 9.94 Å². The van der Waals surface area contributed by atoms with Crippen LogP contribution in [0, 0.1) is 30.1 Å². The summed E-state index contributed by atoms with van der Waals surface area (Å²) in [4.78, 5) is 11.4. The molecule has 2 unspecified atom stereocenters. The first-order chi connectivity index (χ1) is 17.4. The molecule has 4 nitrogen and oxygen atoms in total. The smallest absolute Gasteiger partial charge is 0.309 e.